The molecule has 6 heteroatoms. The minimum atomic E-state index is -0.907. The van der Waals surface area contributed by atoms with Crippen LogP contribution in [-0.4, -0.2) is 35.1 Å². The van der Waals surface area contributed by atoms with E-state index in [1.165, 1.54) is 0 Å². The summed E-state index contributed by atoms with van der Waals surface area (Å²) >= 11 is 0. The molecule has 0 unspecified atom stereocenters. The molecule has 0 aliphatic rings. The summed E-state index contributed by atoms with van der Waals surface area (Å²) in [5.41, 5.74) is 6.11. The highest BCUT2D eigenvalue weighted by Crippen LogP contribution is 2.24. The normalized spacial score (nSPS) is 10.7. The zero-order valence-electron chi connectivity index (χ0n) is 22.6. The zero-order valence-corrected chi connectivity index (χ0v) is 22.6. The first kappa shape index (κ1) is 27.3. The van der Waals surface area contributed by atoms with Gasteiger partial charge in [-0.15, -0.1) is 0 Å². The first-order chi connectivity index (χ1) is 18.8. The van der Waals surface area contributed by atoms with Crippen molar-refractivity contribution in [2.75, 3.05) is 0 Å². The zero-order chi connectivity index (χ0) is 27.8. The molecular weight excluding hydrogens is 488 g/mol. The van der Waals surface area contributed by atoms with E-state index < -0.39 is 24.4 Å². The molecular formula is C33H32N2O4. The summed E-state index contributed by atoms with van der Waals surface area (Å²) in [6, 6.07) is 35.7. The van der Waals surface area contributed by atoms with Crippen molar-refractivity contribution in [3.8, 4) is 22.3 Å². The number of amides is 2. The lowest BCUT2D eigenvalue weighted by molar-refractivity contribution is 0.0517. The predicted octanol–water partition coefficient (Wildman–Crippen LogP) is 8.17. The Hall–Kier alpha value is -4.71. The van der Waals surface area contributed by atoms with Crippen molar-refractivity contribution in [2.45, 2.75) is 39.9 Å². The van der Waals surface area contributed by atoms with Gasteiger partial charge in [0.25, 0.3) is 0 Å². The Kier molecular flexibility index (Phi) is 8.90. The van der Waals surface area contributed by atoms with E-state index in [0.29, 0.717) is 10.7 Å². The summed E-state index contributed by atoms with van der Waals surface area (Å²) in [7, 11) is 0. The summed E-state index contributed by atoms with van der Waals surface area (Å²) in [6.45, 7) is 6.83. The summed E-state index contributed by atoms with van der Waals surface area (Å²) in [6.07, 6.45) is -2.70. The molecule has 198 valence electrons. The number of hydrazone groups is 1. The van der Waals surface area contributed by atoms with Crippen LogP contribution in [0.3, 0.4) is 0 Å². The molecule has 4 rings (SSSR count). The van der Waals surface area contributed by atoms with Crippen molar-refractivity contribution in [2.24, 2.45) is 5.10 Å². The van der Waals surface area contributed by atoms with Crippen molar-refractivity contribution in [3.05, 3.63) is 120 Å². The molecule has 39 heavy (non-hydrogen) atoms. The third kappa shape index (κ3) is 7.20. The Morgan fingerprint density at radius 1 is 0.538 bits per heavy atom. The largest absolute Gasteiger partial charge is 0.445 e. The van der Waals surface area contributed by atoms with Gasteiger partial charge in [-0.05, 0) is 49.9 Å². The molecule has 0 atom stereocenters. The van der Waals surface area contributed by atoms with E-state index in [2.05, 4.69) is 5.10 Å². The van der Waals surface area contributed by atoms with Crippen LogP contribution < -0.4 is 0 Å². The van der Waals surface area contributed by atoms with Gasteiger partial charge in [0.05, 0.1) is 17.9 Å². The maximum absolute atomic E-state index is 12.9. The van der Waals surface area contributed by atoms with E-state index >= 15 is 0 Å². The van der Waals surface area contributed by atoms with Crippen LogP contribution in [0, 0.1) is 0 Å². The minimum Gasteiger partial charge on any atom is -0.445 e. The first-order valence-corrected chi connectivity index (χ1v) is 12.9. The lowest BCUT2D eigenvalue weighted by atomic mass is 9.97. The third-order valence-electron chi connectivity index (χ3n) is 5.75. The fourth-order valence-electron chi connectivity index (χ4n) is 3.94. The lowest BCUT2D eigenvalue weighted by Crippen LogP contribution is -2.37. The van der Waals surface area contributed by atoms with Crippen molar-refractivity contribution in [1.29, 1.82) is 0 Å². The van der Waals surface area contributed by atoms with Gasteiger partial charge in [-0.3, -0.25) is 0 Å². The number of imide groups is 1. The maximum Gasteiger partial charge on any atom is 0.440 e. The number of nitrogens with zero attached hydrogens (tertiary/aromatic N) is 2. The van der Waals surface area contributed by atoms with Crippen LogP contribution in [0.5, 0.6) is 0 Å². The van der Waals surface area contributed by atoms with E-state index in [0.717, 1.165) is 33.4 Å². The van der Waals surface area contributed by atoms with Crippen LogP contribution in [-0.2, 0) is 9.47 Å². The smallest absolute Gasteiger partial charge is 0.440 e. The van der Waals surface area contributed by atoms with Crippen LogP contribution in [0.15, 0.2) is 114 Å². The molecule has 6 nitrogen and oxygen atoms in total. The van der Waals surface area contributed by atoms with E-state index in [1.807, 2.05) is 109 Å². The molecule has 0 aliphatic carbocycles. The van der Waals surface area contributed by atoms with Gasteiger partial charge in [0.2, 0.25) is 0 Å². The fourth-order valence-corrected chi connectivity index (χ4v) is 3.94. The number of benzene rings is 4. The standard InChI is InChI=1S/C33H32N2O4/c1-23(2)38-32(36)35(33(37)39-24(3)4)34-31(29-19-15-27(16-20-29)25-11-7-5-8-12-25)30-21-17-28(18-22-30)26-13-9-6-10-14-26/h5-24H,1-4H3. The van der Waals surface area contributed by atoms with Crippen molar-refractivity contribution < 1.29 is 19.1 Å². The summed E-state index contributed by atoms with van der Waals surface area (Å²) in [4.78, 5) is 25.9. The van der Waals surface area contributed by atoms with Crippen LogP contribution in [0.4, 0.5) is 9.59 Å². The molecule has 0 fully saturated rings. The average molecular weight is 521 g/mol. The summed E-state index contributed by atoms with van der Waals surface area (Å²) in [5.74, 6) is 0. The second kappa shape index (κ2) is 12.7. The SMILES string of the molecule is CC(C)OC(=O)N(N=C(c1ccc(-c2ccccc2)cc1)c1ccc(-c2ccccc2)cc1)C(=O)OC(C)C. The molecule has 0 aromatic heterocycles. The van der Waals surface area contributed by atoms with Gasteiger partial charge in [-0.25, -0.2) is 9.59 Å². The topological polar surface area (TPSA) is 68.2 Å². The Morgan fingerprint density at radius 2 is 0.872 bits per heavy atom. The van der Waals surface area contributed by atoms with Crippen LogP contribution in [0.25, 0.3) is 22.3 Å². The second-order valence-corrected chi connectivity index (χ2v) is 9.51. The number of rotatable bonds is 7. The average Bonchev–Trinajstić information content (AvgIpc) is 2.94. The van der Waals surface area contributed by atoms with E-state index in [1.54, 1.807) is 27.7 Å². The molecule has 0 spiro atoms. The van der Waals surface area contributed by atoms with E-state index in [9.17, 15) is 9.59 Å². The third-order valence-corrected chi connectivity index (χ3v) is 5.75. The van der Waals surface area contributed by atoms with Gasteiger partial charge in [-0.2, -0.15) is 5.10 Å². The molecule has 0 aliphatic heterocycles. The van der Waals surface area contributed by atoms with Gasteiger partial charge >= 0.3 is 12.2 Å². The van der Waals surface area contributed by atoms with Crippen molar-refractivity contribution in [1.82, 2.24) is 5.01 Å². The number of hydrogen-bond donors (Lipinski definition) is 0. The Labute approximate surface area is 229 Å². The summed E-state index contributed by atoms with van der Waals surface area (Å²) in [5, 5.41) is 5.19. The van der Waals surface area contributed by atoms with Gasteiger partial charge in [0.15, 0.2) is 0 Å². The number of carbonyl (C=O) groups excluding carboxylic acids is 2. The molecule has 0 saturated carbocycles. The highest BCUT2D eigenvalue weighted by Gasteiger charge is 2.28. The molecule has 0 heterocycles. The highest BCUT2D eigenvalue weighted by atomic mass is 16.6. The Balaban J connectivity index is 1.79. The minimum absolute atomic E-state index is 0.427. The quantitative estimate of drug-likeness (QED) is 0.182. The van der Waals surface area contributed by atoms with E-state index in [-0.39, 0.29) is 0 Å². The van der Waals surface area contributed by atoms with E-state index in [4.69, 9.17) is 9.47 Å². The highest BCUT2D eigenvalue weighted by molar-refractivity contribution is 6.14. The monoisotopic (exact) mass is 520 g/mol. The second-order valence-electron chi connectivity index (χ2n) is 9.51. The van der Waals surface area contributed by atoms with Crippen molar-refractivity contribution >= 4 is 17.9 Å². The molecule has 0 saturated heterocycles. The van der Waals surface area contributed by atoms with Crippen LogP contribution in [0.2, 0.25) is 0 Å². The fraction of sp³-hybridized carbons (Fsp3) is 0.182. The Morgan fingerprint density at radius 3 is 1.21 bits per heavy atom. The van der Waals surface area contributed by atoms with Crippen LogP contribution in [0.1, 0.15) is 38.8 Å². The molecule has 0 radical (unpaired) electrons. The maximum atomic E-state index is 12.9. The molecule has 0 N–H and O–H groups in total. The van der Waals surface area contributed by atoms with Crippen LogP contribution >= 0.6 is 0 Å². The number of hydrogen-bond acceptors (Lipinski definition) is 5. The predicted molar refractivity (Wildman–Crippen MR) is 154 cm³/mol. The van der Waals surface area contributed by atoms with Gasteiger partial charge in [0, 0.05) is 11.1 Å². The van der Waals surface area contributed by atoms with Gasteiger partial charge in [-0.1, -0.05) is 114 Å². The number of carbonyl (C=O) groups is 2. The van der Waals surface area contributed by atoms with Gasteiger partial charge < -0.3 is 9.47 Å². The summed E-state index contributed by atoms with van der Waals surface area (Å²) < 4.78 is 10.6. The first-order valence-electron chi connectivity index (χ1n) is 12.9. The number of ether oxygens (including phenoxy) is 2. The molecule has 0 bridgehead atoms. The molecule has 4 aromatic rings. The van der Waals surface area contributed by atoms with Crippen molar-refractivity contribution in [3.63, 3.8) is 0 Å². The molecule has 2 amide bonds. The Bertz CT molecular complexity index is 1310. The van der Waals surface area contributed by atoms with Gasteiger partial charge in [0.1, 0.15) is 0 Å². The lowest BCUT2D eigenvalue weighted by Gasteiger charge is -2.20. The molecule has 4 aromatic carbocycles.